The van der Waals surface area contributed by atoms with E-state index in [0.717, 1.165) is 30.5 Å². The second-order valence-electron chi connectivity index (χ2n) is 7.42. The molecule has 2 aliphatic heterocycles. The predicted octanol–water partition coefficient (Wildman–Crippen LogP) is 1.35. The van der Waals surface area contributed by atoms with Gasteiger partial charge in [0.05, 0.1) is 12.6 Å². The van der Waals surface area contributed by atoms with E-state index in [0.29, 0.717) is 31.2 Å². The van der Waals surface area contributed by atoms with Crippen molar-refractivity contribution in [2.75, 3.05) is 26.7 Å². The number of rotatable bonds is 3. The molecule has 0 aromatic rings. The molecule has 26 heavy (non-hydrogen) atoms. The number of carbonyl (C=O) groups is 1. The second-order valence-corrected chi connectivity index (χ2v) is 7.42. The van der Waals surface area contributed by atoms with Crippen molar-refractivity contribution < 1.29 is 9.90 Å². The molecular weight excluding hydrogens is 330 g/mol. The van der Waals surface area contributed by atoms with Crippen molar-refractivity contribution in [3.63, 3.8) is 0 Å². The third kappa shape index (κ3) is 3.62. The number of aliphatic hydroxyl groups is 1. The molecule has 0 bridgehead atoms. The Hall–Kier alpha value is -2.30. The number of nitriles is 1. The van der Waals surface area contributed by atoms with E-state index in [9.17, 15) is 15.2 Å². The van der Waals surface area contributed by atoms with E-state index in [1.807, 2.05) is 6.08 Å². The van der Waals surface area contributed by atoms with Crippen molar-refractivity contribution in [2.24, 2.45) is 11.7 Å². The van der Waals surface area contributed by atoms with Gasteiger partial charge in [0, 0.05) is 37.8 Å². The quantitative estimate of drug-likeness (QED) is 0.795. The van der Waals surface area contributed by atoms with E-state index >= 15 is 0 Å². The Morgan fingerprint density at radius 3 is 2.92 bits per heavy atom. The predicted molar refractivity (Wildman–Crippen MR) is 98.3 cm³/mol. The standard InChI is InChI=1S/C19H27N5O2/c1-13-5-6-14(15(8-13)10-20)11-24-17(9-18(25)22(2)19(24)26)23-7-3-4-16(21)12-23/h5-6,9,13,16,18,25H,3-4,7-8,11-12,21H2,1-2H3/t13-,16-,18?/m1/s1. The number of nitrogens with zero attached hydrogens (tertiary/aromatic N) is 4. The van der Waals surface area contributed by atoms with Crippen LogP contribution in [0.1, 0.15) is 26.2 Å². The van der Waals surface area contributed by atoms with Gasteiger partial charge in [-0.25, -0.2) is 4.79 Å². The zero-order valence-electron chi connectivity index (χ0n) is 15.4. The molecule has 0 radical (unpaired) electrons. The van der Waals surface area contributed by atoms with Gasteiger partial charge in [-0.15, -0.1) is 0 Å². The van der Waals surface area contributed by atoms with E-state index in [1.165, 1.54) is 4.90 Å². The van der Waals surface area contributed by atoms with Crippen molar-refractivity contribution in [1.82, 2.24) is 14.7 Å². The number of hydrogen-bond donors (Lipinski definition) is 2. The molecule has 0 aromatic heterocycles. The molecule has 2 heterocycles. The summed E-state index contributed by atoms with van der Waals surface area (Å²) in [6, 6.07) is 2.07. The molecular formula is C19H27N5O2. The van der Waals surface area contributed by atoms with Crippen LogP contribution in [0.4, 0.5) is 4.79 Å². The van der Waals surface area contributed by atoms with E-state index in [4.69, 9.17) is 5.73 Å². The van der Waals surface area contributed by atoms with Crippen molar-refractivity contribution in [2.45, 2.75) is 38.5 Å². The minimum atomic E-state index is -0.960. The molecule has 1 saturated heterocycles. The zero-order chi connectivity index (χ0) is 18.8. The lowest BCUT2D eigenvalue weighted by atomic mass is 9.91. The van der Waals surface area contributed by atoms with Gasteiger partial charge >= 0.3 is 6.03 Å². The summed E-state index contributed by atoms with van der Waals surface area (Å²) in [7, 11) is 1.58. The minimum absolute atomic E-state index is 0.0581. The Kier molecular flexibility index (Phi) is 5.35. The first-order chi connectivity index (χ1) is 12.4. The maximum atomic E-state index is 12.9. The molecule has 3 rings (SSSR count). The number of carbonyl (C=O) groups excluding carboxylic acids is 1. The Labute approximate surface area is 154 Å². The summed E-state index contributed by atoms with van der Waals surface area (Å²) in [4.78, 5) is 17.9. The SMILES string of the molecule is C[C@@H]1C=CC(CN2C(=O)N(C)C(O)C=C2N2CCC[C@@H](N)C2)=C(C#N)C1. The molecule has 1 aliphatic carbocycles. The largest absolute Gasteiger partial charge is 0.370 e. The molecule has 3 N–H and O–H groups in total. The fourth-order valence-electron chi connectivity index (χ4n) is 3.72. The molecule has 140 valence electrons. The Morgan fingerprint density at radius 2 is 2.23 bits per heavy atom. The number of amides is 2. The fraction of sp³-hybridized carbons (Fsp3) is 0.579. The number of likely N-dealkylation sites (tertiary alicyclic amines) is 1. The van der Waals surface area contributed by atoms with Crippen LogP contribution in [-0.4, -0.2) is 64.8 Å². The first-order valence-electron chi connectivity index (χ1n) is 9.15. The van der Waals surface area contributed by atoms with Gasteiger partial charge in [0.25, 0.3) is 0 Å². The van der Waals surface area contributed by atoms with Crippen LogP contribution in [0.2, 0.25) is 0 Å². The number of nitrogens with two attached hydrogens (primary N) is 1. The van der Waals surface area contributed by atoms with E-state index in [2.05, 4.69) is 24.0 Å². The highest BCUT2D eigenvalue weighted by Crippen LogP contribution is 2.28. The van der Waals surface area contributed by atoms with Crippen LogP contribution in [0, 0.1) is 17.2 Å². The van der Waals surface area contributed by atoms with E-state index in [-0.39, 0.29) is 12.1 Å². The molecule has 3 aliphatic rings. The van der Waals surface area contributed by atoms with Crippen LogP contribution in [0.25, 0.3) is 0 Å². The third-order valence-corrected chi connectivity index (χ3v) is 5.29. The van der Waals surface area contributed by atoms with Crippen LogP contribution in [-0.2, 0) is 0 Å². The van der Waals surface area contributed by atoms with Gasteiger partial charge in [-0.2, -0.15) is 5.26 Å². The lowest BCUT2D eigenvalue weighted by molar-refractivity contribution is 0.0454. The minimum Gasteiger partial charge on any atom is -0.370 e. The van der Waals surface area contributed by atoms with Crippen LogP contribution in [0.3, 0.4) is 0 Å². The van der Waals surface area contributed by atoms with Crippen molar-refractivity contribution >= 4 is 6.03 Å². The molecule has 0 aromatic carbocycles. The molecule has 0 spiro atoms. The Bertz CT molecular complexity index is 705. The van der Waals surface area contributed by atoms with Crippen LogP contribution in [0.5, 0.6) is 0 Å². The van der Waals surface area contributed by atoms with Crippen molar-refractivity contribution in [3.05, 3.63) is 35.2 Å². The normalized spacial score (nSPS) is 29.8. The van der Waals surface area contributed by atoms with Gasteiger partial charge in [-0.1, -0.05) is 19.1 Å². The Morgan fingerprint density at radius 1 is 1.46 bits per heavy atom. The number of hydrogen-bond acceptors (Lipinski definition) is 5. The summed E-state index contributed by atoms with van der Waals surface area (Å²) < 4.78 is 0. The first kappa shape index (κ1) is 18.5. The van der Waals surface area contributed by atoms with Gasteiger partial charge in [0.15, 0.2) is 6.23 Å². The molecule has 0 saturated carbocycles. The molecule has 2 amide bonds. The number of aliphatic hydroxyl groups excluding tert-OH is 1. The summed E-state index contributed by atoms with van der Waals surface area (Å²) in [5.74, 6) is 1.01. The summed E-state index contributed by atoms with van der Waals surface area (Å²) in [6.07, 6.45) is 7.37. The van der Waals surface area contributed by atoms with Crippen molar-refractivity contribution in [3.8, 4) is 6.07 Å². The highest BCUT2D eigenvalue weighted by atomic mass is 16.3. The molecule has 1 unspecified atom stereocenters. The first-order valence-corrected chi connectivity index (χ1v) is 9.15. The Balaban J connectivity index is 1.91. The van der Waals surface area contributed by atoms with Crippen molar-refractivity contribution in [1.29, 1.82) is 5.26 Å². The maximum absolute atomic E-state index is 12.9. The lowest BCUT2D eigenvalue weighted by Crippen LogP contribution is -2.55. The van der Waals surface area contributed by atoms with Crippen LogP contribution >= 0.6 is 0 Å². The van der Waals surface area contributed by atoms with Crippen LogP contribution in [0.15, 0.2) is 35.2 Å². The summed E-state index contributed by atoms with van der Waals surface area (Å²) in [5, 5.41) is 19.7. The van der Waals surface area contributed by atoms with Gasteiger partial charge in [-0.05, 0) is 30.8 Å². The molecule has 7 nitrogen and oxygen atoms in total. The number of piperidine rings is 1. The van der Waals surface area contributed by atoms with Gasteiger partial charge in [0.2, 0.25) is 0 Å². The number of allylic oxidation sites excluding steroid dienone is 2. The summed E-state index contributed by atoms with van der Waals surface area (Å²) in [5.41, 5.74) is 7.68. The lowest BCUT2D eigenvalue weighted by Gasteiger charge is -2.44. The number of likely N-dealkylation sites (N-methyl/N-ethyl adjacent to an activating group) is 1. The van der Waals surface area contributed by atoms with Crippen LogP contribution < -0.4 is 5.73 Å². The average Bonchev–Trinajstić information content (AvgIpc) is 2.63. The highest BCUT2D eigenvalue weighted by Gasteiger charge is 2.35. The monoisotopic (exact) mass is 357 g/mol. The smallest absolute Gasteiger partial charge is 0.327 e. The molecule has 7 heteroatoms. The van der Waals surface area contributed by atoms with Gasteiger partial charge < -0.3 is 15.7 Å². The molecule has 3 atom stereocenters. The maximum Gasteiger partial charge on any atom is 0.327 e. The van der Waals surface area contributed by atoms with E-state index < -0.39 is 6.23 Å². The molecule has 1 fully saturated rings. The fourth-order valence-corrected chi connectivity index (χ4v) is 3.72. The topological polar surface area (TPSA) is 96.8 Å². The van der Waals surface area contributed by atoms with Gasteiger partial charge in [-0.3, -0.25) is 9.80 Å². The summed E-state index contributed by atoms with van der Waals surface area (Å²) in [6.45, 7) is 3.85. The highest BCUT2D eigenvalue weighted by molar-refractivity contribution is 5.78. The second kappa shape index (κ2) is 7.52. The third-order valence-electron chi connectivity index (χ3n) is 5.29. The average molecular weight is 357 g/mol. The number of urea groups is 1. The summed E-state index contributed by atoms with van der Waals surface area (Å²) >= 11 is 0. The van der Waals surface area contributed by atoms with E-state index in [1.54, 1.807) is 18.0 Å². The zero-order valence-corrected chi connectivity index (χ0v) is 15.4. The van der Waals surface area contributed by atoms with Gasteiger partial charge in [0.1, 0.15) is 5.82 Å².